The number of sulfonamides is 1. The molecule has 0 spiro atoms. The molecule has 0 bridgehead atoms. The van der Waals surface area contributed by atoms with Crippen LogP contribution in [0.3, 0.4) is 0 Å². The molecule has 0 radical (unpaired) electrons. The molecule has 6 heteroatoms. The van der Waals surface area contributed by atoms with Crippen LogP contribution in [-0.2, 0) is 10.0 Å². The average Bonchev–Trinajstić information content (AvgIpc) is 2.38. The molecule has 1 saturated heterocycles. The van der Waals surface area contributed by atoms with Crippen LogP contribution in [0.5, 0.6) is 0 Å². The van der Waals surface area contributed by atoms with Crippen LogP contribution < -0.4 is 10.0 Å². The molecule has 0 aromatic carbocycles. The van der Waals surface area contributed by atoms with E-state index in [0.29, 0.717) is 6.54 Å². The van der Waals surface area contributed by atoms with E-state index in [4.69, 9.17) is 5.26 Å². The third-order valence-corrected chi connectivity index (χ3v) is 2.86. The predicted octanol–water partition coefficient (Wildman–Crippen LogP) is -1.21. The molecular formula is C6H11N3O2S. The Morgan fingerprint density at radius 3 is 2.92 bits per heavy atom. The van der Waals surface area contributed by atoms with Gasteiger partial charge in [-0.3, -0.25) is 0 Å². The second-order valence-electron chi connectivity index (χ2n) is 2.72. The Morgan fingerprint density at radius 2 is 2.42 bits per heavy atom. The lowest BCUT2D eigenvalue weighted by atomic mass is 10.3. The Balaban J connectivity index is 2.44. The van der Waals surface area contributed by atoms with Gasteiger partial charge in [0, 0.05) is 12.6 Å². The van der Waals surface area contributed by atoms with Gasteiger partial charge in [-0.2, -0.15) is 5.26 Å². The van der Waals surface area contributed by atoms with Crippen LogP contribution in [0.4, 0.5) is 0 Å². The topological polar surface area (TPSA) is 82.0 Å². The van der Waals surface area contributed by atoms with E-state index in [-0.39, 0.29) is 6.04 Å². The quantitative estimate of drug-likeness (QED) is 0.583. The smallest absolute Gasteiger partial charge is 0.225 e. The maximum atomic E-state index is 11.0. The second-order valence-corrected chi connectivity index (χ2v) is 4.48. The lowest BCUT2D eigenvalue weighted by molar-refractivity contribution is 0.563. The molecule has 1 heterocycles. The van der Waals surface area contributed by atoms with Crippen molar-refractivity contribution in [1.82, 2.24) is 10.0 Å². The van der Waals surface area contributed by atoms with Crippen molar-refractivity contribution < 1.29 is 8.42 Å². The largest absolute Gasteiger partial charge is 0.315 e. The maximum Gasteiger partial charge on any atom is 0.225 e. The first kappa shape index (κ1) is 9.45. The van der Waals surface area contributed by atoms with Gasteiger partial charge in [-0.25, -0.2) is 13.1 Å². The van der Waals surface area contributed by atoms with Gasteiger partial charge in [0.05, 0.1) is 6.07 Å². The lowest BCUT2D eigenvalue weighted by Gasteiger charge is -2.08. The summed E-state index contributed by atoms with van der Waals surface area (Å²) in [6, 6.07) is 1.57. The Bertz CT molecular complexity index is 274. The molecule has 0 aromatic rings. The molecule has 1 aliphatic rings. The van der Waals surface area contributed by atoms with Gasteiger partial charge in [-0.05, 0) is 13.0 Å². The van der Waals surface area contributed by atoms with E-state index in [0.717, 1.165) is 13.0 Å². The Labute approximate surface area is 71.8 Å². The van der Waals surface area contributed by atoms with Crippen LogP contribution in [0.1, 0.15) is 6.42 Å². The van der Waals surface area contributed by atoms with Gasteiger partial charge in [0.1, 0.15) is 0 Å². The van der Waals surface area contributed by atoms with Gasteiger partial charge in [-0.15, -0.1) is 0 Å². The monoisotopic (exact) mass is 189 g/mol. The minimum Gasteiger partial charge on any atom is -0.315 e. The highest BCUT2D eigenvalue weighted by Gasteiger charge is 2.20. The second kappa shape index (κ2) is 3.85. The summed E-state index contributed by atoms with van der Waals surface area (Å²) in [5.74, 6) is -0.455. The van der Waals surface area contributed by atoms with Gasteiger partial charge in [0.25, 0.3) is 0 Å². The van der Waals surface area contributed by atoms with E-state index in [9.17, 15) is 8.42 Å². The summed E-state index contributed by atoms with van der Waals surface area (Å²) in [5, 5.41) is 11.2. The van der Waals surface area contributed by atoms with E-state index >= 15 is 0 Å². The zero-order chi connectivity index (χ0) is 9.03. The Morgan fingerprint density at radius 1 is 1.67 bits per heavy atom. The molecule has 1 fully saturated rings. The molecule has 0 saturated carbocycles. The molecule has 0 aromatic heterocycles. The van der Waals surface area contributed by atoms with Crippen molar-refractivity contribution in [3.8, 4) is 6.07 Å². The molecule has 1 aliphatic heterocycles. The average molecular weight is 189 g/mol. The molecule has 2 N–H and O–H groups in total. The van der Waals surface area contributed by atoms with Gasteiger partial charge >= 0.3 is 0 Å². The third kappa shape index (κ3) is 2.77. The summed E-state index contributed by atoms with van der Waals surface area (Å²) in [6.07, 6.45) is 0.796. The number of hydrogen-bond acceptors (Lipinski definition) is 4. The standard InChI is InChI=1S/C6H11N3O2S/c7-2-4-12(10,11)9-6-1-3-8-5-6/h6,8-9H,1,3-5H2/t6-/m1/s1. The van der Waals surface area contributed by atoms with Crippen molar-refractivity contribution in [2.24, 2.45) is 0 Å². The van der Waals surface area contributed by atoms with Crippen molar-refractivity contribution in [2.45, 2.75) is 12.5 Å². The Hall–Kier alpha value is -0.640. The number of nitriles is 1. The minimum atomic E-state index is -3.37. The number of nitrogens with one attached hydrogen (secondary N) is 2. The lowest BCUT2D eigenvalue weighted by Crippen LogP contribution is -2.37. The van der Waals surface area contributed by atoms with Gasteiger partial charge in [0.15, 0.2) is 5.75 Å². The van der Waals surface area contributed by atoms with Crippen molar-refractivity contribution in [2.75, 3.05) is 18.8 Å². The first-order valence-electron chi connectivity index (χ1n) is 3.72. The van der Waals surface area contributed by atoms with Gasteiger partial charge in [-0.1, -0.05) is 0 Å². The molecule has 0 unspecified atom stereocenters. The maximum absolute atomic E-state index is 11.0. The number of hydrogen-bond donors (Lipinski definition) is 2. The highest BCUT2D eigenvalue weighted by molar-refractivity contribution is 7.89. The first-order valence-corrected chi connectivity index (χ1v) is 5.37. The summed E-state index contributed by atoms with van der Waals surface area (Å²) in [5.41, 5.74) is 0. The van der Waals surface area contributed by atoms with Crippen molar-refractivity contribution in [3.63, 3.8) is 0 Å². The molecule has 5 nitrogen and oxygen atoms in total. The fourth-order valence-corrected chi connectivity index (χ4v) is 2.10. The summed E-state index contributed by atoms with van der Waals surface area (Å²) < 4.78 is 24.5. The zero-order valence-corrected chi connectivity index (χ0v) is 7.39. The summed E-state index contributed by atoms with van der Waals surface area (Å²) in [4.78, 5) is 0. The van der Waals surface area contributed by atoms with E-state index in [1.54, 1.807) is 6.07 Å². The highest BCUT2D eigenvalue weighted by atomic mass is 32.2. The zero-order valence-electron chi connectivity index (χ0n) is 6.58. The molecular weight excluding hydrogens is 178 g/mol. The van der Waals surface area contributed by atoms with Crippen LogP contribution in [0.25, 0.3) is 0 Å². The molecule has 12 heavy (non-hydrogen) atoms. The summed E-state index contributed by atoms with van der Waals surface area (Å²) >= 11 is 0. The van der Waals surface area contributed by atoms with Gasteiger partial charge in [0.2, 0.25) is 10.0 Å². The SMILES string of the molecule is N#CCS(=O)(=O)N[C@@H]1CCNC1. The minimum absolute atomic E-state index is 0.0386. The number of nitrogens with zero attached hydrogens (tertiary/aromatic N) is 1. The summed E-state index contributed by atoms with van der Waals surface area (Å²) in [7, 11) is -3.37. The third-order valence-electron chi connectivity index (χ3n) is 1.66. The predicted molar refractivity (Wildman–Crippen MR) is 43.8 cm³/mol. The van der Waals surface area contributed by atoms with Crippen LogP contribution in [-0.4, -0.2) is 33.3 Å². The first-order chi connectivity index (χ1) is 5.64. The van der Waals surface area contributed by atoms with Crippen molar-refractivity contribution >= 4 is 10.0 Å². The number of rotatable bonds is 3. The van der Waals surface area contributed by atoms with Gasteiger partial charge < -0.3 is 5.32 Å². The highest BCUT2D eigenvalue weighted by Crippen LogP contribution is 1.99. The Kier molecular flexibility index (Phi) is 3.03. The van der Waals surface area contributed by atoms with Crippen LogP contribution in [0, 0.1) is 11.3 Å². The van der Waals surface area contributed by atoms with E-state index in [1.165, 1.54) is 0 Å². The van der Waals surface area contributed by atoms with Crippen LogP contribution >= 0.6 is 0 Å². The molecule has 1 atom stereocenters. The van der Waals surface area contributed by atoms with E-state index in [1.807, 2.05) is 0 Å². The molecule has 0 aliphatic carbocycles. The van der Waals surface area contributed by atoms with Crippen molar-refractivity contribution in [3.05, 3.63) is 0 Å². The molecule has 68 valence electrons. The van der Waals surface area contributed by atoms with Crippen molar-refractivity contribution in [1.29, 1.82) is 5.26 Å². The van der Waals surface area contributed by atoms with Crippen LogP contribution in [0.2, 0.25) is 0 Å². The molecule has 0 amide bonds. The van der Waals surface area contributed by atoms with Crippen LogP contribution in [0.15, 0.2) is 0 Å². The molecule has 1 rings (SSSR count). The normalized spacial score (nSPS) is 23.8. The van der Waals surface area contributed by atoms with E-state index < -0.39 is 15.8 Å². The fraction of sp³-hybridized carbons (Fsp3) is 0.833. The summed E-state index contributed by atoms with van der Waals surface area (Å²) in [6.45, 7) is 1.49. The van der Waals surface area contributed by atoms with E-state index in [2.05, 4.69) is 10.0 Å². The fourth-order valence-electron chi connectivity index (χ4n) is 1.14.